The van der Waals surface area contributed by atoms with E-state index in [2.05, 4.69) is 5.32 Å². The van der Waals surface area contributed by atoms with Gasteiger partial charge in [-0.2, -0.15) is 0 Å². The third-order valence-electron chi connectivity index (χ3n) is 6.85. The van der Waals surface area contributed by atoms with Gasteiger partial charge in [0.25, 0.3) is 11.8 Å². The Morgan fingerprint density at radius 1 is 1.03 bits per heavy atom. The number of carbonyl (C=O) groups excluding carboxylic acids is 3. The summed E-state index contributed by atoms with van der Waals surface area (Å²) in [4.78, 5) is 53.3. The predicted molar refractivity (Wildman–Crippen MR) is 137 cm³/mol. The standard InChI is InChI=1S/C27H36N4O5/c1-17(20(27(35)36)11-6-7-12-23(32)29-13-8-14-30(2)3)24(28)31-25(33)21-15-18-9-4-5-10-19(18)16-22(21)26(31)34/h4-5,9-10,15-17,20,24H,6-8,11-14,28H2,1-3H3,(H,29,32)(H,35,36)/t17?,20-,24?/m1/s1. The Balaban J connectivity index is 1.58. The molecule has 1 aliphatic heterocycles. The number of nitrogens with zero attached hydrogens (tertiary/aromatic N) is 2. The Labute approximate surface area is 211 Å². The van der Waals surface area contributed by atoms with Crippen LogP contribution in [-0.4, -0.2) is 71.9 Å². The van der Waals surface area contributed by atoms with Gasteiger partial charge in [0.05, 0.1) is 23.2 Å². The molecule has 2 aromatic rings. The molecule has 0 radical (unpaired) electrons. The van der Waals surface area contributed by atoms with E-state index in [4.69, 9.17) is 5.73 Å². The van der Waals surface area contributed by atoms with Crippen LogP contribution in [0.1, 0.15) is 59.7 Å². The monoisotopic (exact) mass is 496 g/mol. The molecule has 3 atom stereocenters. The lowest BCUT2D eigenvalue weighted by molar-refractivity contribution is -0.144. The maximum atomic E-state index is 13.1. The topological polar surface area (TPSA) is 133 Å². The van der Waals surface area contributed by atoms with Gasteiger partial charge in [0, 0.05) is 18.9 Å². The van der Waals surface area contributed by atoms with Gasteiger partial charge in [0.15, 0.2) is 0 Å². The highest BCUT2D eigenvalue weighted by Gasteiger charge is 2.43. The number of hydrogen-bond donors (Lipinski definition) is 3. The Hall–Kier alpha value is -3.30. The molecule has 0 aromatic heterocycles. The van der Waals surface area contributed by atoms with Gasteiger partial charge in [0.2, 0.25) is 5.91 Å². The fourth-order valence-corrected chi connectivity index (χ4v) is 4.66. The van der Waals surface area contributed by atoms with Crippen LogP contribution in [0.3, 0.4) is 0 Å². The molecule has 3 rings (SSSR count). The van der Waals surface area contributed by atoms with E-state index in [1.165, 1.54) is 0 Å². The van der Waals surface area contributed by atoms with Crippen LogP contribution in [-0.2, 0) is 9.59 Å². The van der Waals surface area contributed by atoms with Gasteiger partial charge < -0.3 is 21.1 Å². The van der Waals surface area contributed by atoms with Gasteiger partial charge in [-0.3, -0.25) is 24.1 Å². The number of fused-ring (bicyclic) bond motifs is 2. The number of benzene rings is 2. The first-order valence-corrected chi connectivity index (χ1v) is 12.4. The molecule has 2 aromatic carbocycles. The van der Waals surface area contributed by atoms with Gasteiger partial charge in [-0.15, -0.1) is 0 Å². The van der Waals surface area contributed by atoms with Gasteiger partial charge in [-0.25, -0.2) is 0 Å². The number of rotatable bonds is 13. The molecule has 0 fully saturated rings. The molecule has 194 valence electrons. The number of nitrogens with one attached hydrogen (secondary N) is 1. The highest BCUT2D eigenvalue weighted by atomic mass is 16.4. The molecular formula is C27H36N4O5. The van der Waals surface area contributed by atoms with Crippen LogP contribution in [0, 0.1) is 11.8 Å². The summed E-state index contributed by atoms with van der Waals surface area (Å²) in [6.45, 7) is 3.15. The fourth-order valence-electron chi connectivity index (χ4n) is 4.66. The summed E-state index contributed by atoms with van der Waals surface area (Å²) in [5.74, 6) is -3.62. The van der Waals surface area contributed by atoms with Crippen molar-refractivity contribution in [3.8, 4) is 0 Å². The van der Waals surface area contributed by atoms with Gasteiger partial charge in [-0.1, -0.05) is 37.6 Å². The van der Waals surface area contributed by atoms with Crippen LogP contribution in [0.5, 0.6) is 0 Å². The number of carboxylic acids is 1. The smallest absolute Gasteiger partial charge is 0.306 e. The van der Waals surface area contributed by atoms with Crippen molar-refractivity contribution in [2.75, 3.05) is 27.2 Å². The molecule has 0 saturated heterocycles. The van der Waals surface area contributed by atoms with Crippen molar-refractivity contribution in [2.24, 2.45) is 17.6 Å². The first-order chi connectivity index (χ1) is 17.1. The van der Waals surface area contributed by atoms with E-state index in [1.54, 1.807) is 19.1 Å². The summed E-state index contributed by atoms with van der Waals surface area (Å²) < 4.78 is 0. The number of nitrogens with two attached hydrogens (primary N) is 1. The lowest BCUT2D eigenvalue weighted by Gasteiger charge is -2.31. The quantitative estimate of drug-likeness (QED) is 0.287. The summed E-state index contributed by atoms with van der Waals surface area (Å²) in [6.07, 6.45) is 1.47. The maximum Gasteiger partial charge on any atom is 0.306 e. The van der Waals surface area contributed by atoms with Crippen LogP contribution in [0.4, 0.5) is 0 Å². The first kappa shape index (κ1) is 27.3. The third-order valence-corrected chi connectivity index (χ3v) is 6.85. The molecule has 0 saturated carbocycles. The van der Waals surface area contributed by atoms with Crippen molar-refractivity contribution < 1.29 is 24.3 Å². The maximum absolute atomic E-state index is 13.1. The number of carbonyl (C=O) groups is 4. The van der Waals surface area contributed by atoms with E-state index in [0.717, 1.165) is 28.6 Å². The summed E-state index contributed by atoms with van der Waals surface area (Å²) in [5, 5.41) is 14.4. The van der Waals surface area contributed by atoms with Crippen LogP contribution in [0.15, 0.2) is 36.4 Å². The lowest BCUT2D eigenvalue weighted by atomic mass is 9.86. The van der Waals surface area contributed by atoms with Crippen LogP contribution < -0.4 is 11.1 Å². The summed E-state index contributed by atoms with van der Waals surface area (Å²) in [7, 11) is 3.95. The molecule has 9 heteroatoms. The number of hydrogen-bond acceptors (Lipinski definition) is 6. The minimum atomic E-state index is -1.08. The van der Waals surface area contributed by atoms with Crippen LogP contribution >= 0.6 is 0 Å². The largest absolute Gasteiger partial charge is 0.481 e. The molecule has 0 aliphatic carbocycles. The molecule has 9 nitrogen and oxygen atoms in total. The Morgan fingerprint density at radius 3 is 2.14 bits per heavy atom. The second kappa shape index (κ2) is 12.1. The van der Waals surface area contributed by atoms with Gasteiger partial charge >= 0.3 is 5.97 Å². The minimum Gasteiger partial charge on any atom is -0.481 e. The number of unbranched alkanes of at least 4 members (excludes halogenated alkanes) is 1. The Bertz CT molecular complexity index is 1080. The average Bonchev–Trinajstić information content (AvgIpc) is 3.08. The van der Waals surface area contributed by atoms with Crippen molar-refractivity contribution in [1.82, 2.24) is 15.1 Å². The van der Waals surface area contributed by atoms with E-state index >= 15 is 0 Å². The minimum absolute atomic E-state index is 0.0520. The van der Waals surface area contributed by atoms with Gasteiger partial charge in [-0.05, 0) is 62.8 Å². The van der Waals surface area contributed by atoms with Crippen molar-refractivity contribution in [1.29, 1.82) is 0 Å². The predicted octanol–water partition coefficient (Wildman–Crippen LogP) is 2.69. The second-order valence-corrected chi connectivity index (χ2v) is 9.77. The lowest BCUT2D eigenvalue weighted by Crippen LogP contribution is -2.52. The van der Waals surface area contributed by atoms with Crippen molar-refractivity contribution in [3.05, 3.63) is 47.5 Å². The zero-order chi connectivity index (χ0) is 26.4. The zero-order valence-corrected chi connectivity index (χ0v) is 21.2. The van der Waals surface area contributed by atoms with Crippen molar-refractivity contribution in [2.45, 2.75) is 45.2 Å². The highest BCUT2D eigenvalue weighted by molar-refractivity contribution is 6.23. The number of aliphatic carboxylic acids is 1. The number of amides is 3. The summed E-state index contributed by atoms with van der Waals surface area (Å²) >= 11 is 0. The average molecular weight is 497 g/mol. The van der Waals surface area contributed by atoms with Gasteiger partial charge in [0.1, 0.15) is 0 Å². The van der Waals surface area contributed by atoms with Crippen LogP contribution in [0.2, 0.25) is 0 Å². The molecule has 3 amide bonds. The van der Waals surface area contributed by atoms with E-state index in [1.807, 2.05) is 43.3 Å². The van der Waals surface area contributed by atoms with E-state index < -0.39 is 35.8 Å². The molecule has 2 unspecified atom stereocenters. The van der Waals surface area contributed by atoms with E-state index in [9.17, 15) is 24.3 Å². The summed E-state index contributed by atoms with van der Waals surface area (Å²) in [5.41, 5.74) is 6.91. The molecule has 4 N–H and O–H groups in total. The molecule has 0 spiro atoms. The number of imide groups is 1. The van der Waals surface area contributed by atoms with E-state index in [0.29, 0.717) is 32.2 Å². The SMILES string of the molecule is CC(C(N)N1C(=O)c2cc3ccccc3cc2C1=O)[C@@H](CCCCC(=O)NCCCN(C)C)C(=O)O. The Morgan fingerprint density at radius 2 is 1.61 bits per heavy atom. The third kappa shape index (κ3) is 6.27. The Kier molecular flexibility index (Phi) is 9.17. The van der Waals surface area contributed by atoms with Crippen LogP contribution in [0.25, 0.3) is 10.8 Å². The second-order valence-electron chi connectivity index (χ2n) is 9.77. The molecular weight excluding hydrogens is 460 g/mol. The number of carboxylic acid groups (broad SMARTS) is 1. The molecule has 1 aliphatic rings. The normalized spacial score (nSPS) is 15.8. The van der Waals surface area contributed by atoms with Crippen molar-refractivity contribution in [3.63, 3.8) is 0 Å². The molecule has 36 heavy (non-hydrogen) atoms. The fraction of sp³-hybridized carbons (Fsp3) is 0.481. The first-order valence-electron chi connectivity index (χ1n) is 12.4. The van der Waals surface area contributed by atoms with Crippen molar-refractivity contribution >= 4 is 34.5 Å². The summed E-state index contributed by atoms with van der Waals surface area (Å²) in [6, 6.07) is 10.8. The highest BCUT2D eigenvalue weighted by Crippen LogP contribution is 2.32. The molecule has 0 bridgehead atoms. The van der Waals surface area contributed by atoms with E-state index in [-0.39, 0.29) is 17.0 Å². The molecule has 1 heterocycles. The zero-order valence-electron chi connectivity index (χ0n) is 21.2.